The summed E-state index contributed by atoms with van der Waals surface area (Å²) in [5.41, 5.74) is 4.73. The molecule has 0 saturated heterocycles. The molecule has 1 aromatic carbocycles. The van der Waals surface area contributed by atoms with Gasteiger partial charge in [0.25, 0.3) is 0 Å². The van der Waals surface area contributed by atoms with Crippen molar-refractivity contribution in [2.45, 2.75) is 27.3 Å². The maximum Gasteiger partial charge on any atom is 0.348 e. The van der Waals surface area contributed by atoms with Crippen molar-refractivity contribution in [2.75, 3.05) is 0 Å². The quantitative estimate of drug-likeness (QED) is 0.745. The van der Waals surface area contributed by atoms with Gasteiger partial charge < -0.3 is 0 Å². The summed E-state index contributed by atoms with van der Waals surface area (Å²) in [6, 6.07) is 10.1. The Morgan fingerprint density at radius 3 is 2.64 bits per heavy atom. The molecule has 112 valence electrons. The number of aromatic nitrogens is 3. The van der Waals surface area contributed by atoms with Crippen molar-refractivity contribution in [3.05, 3.63) is 68.2 Å². The average Bonchev–Trinajstić information content (AvgIpc) is 2.92. The molecule has 0 aliphatic rings. The topological polar surface area (TPSA) is 47.8 Å². The number of thiazole rings is 1. The average molecular weight is 311 g/mol. The lowest BCUT2D eigenvalue weighted by atomic mass is 10.1. The lowest BCUT2D eigenvalue weighted by Gasteiger charge is -2.07. The molecular formula is C17H17N3OS. The fraction of sp³-hybridized carbons (Fsp3) is 0.235. The fourth-order valence-corrected chi connectivity index (χ4v) is 3.25. The van der Waals surface area contributed by atoms with Gasteiger partial charge in [0.15, 0.2) is 0 Å². The molecule has 3 aromatic rings. The molecule has 3 rings (SSSR count). The molecule has 5 heteroatoms. The van der Waals surface area contributed by atoms with Gasteiger partial charge in [0, 0.05) is 22.3 Å². The molecule has 0 radical (unpaired) electrons. The molecule has 0 unspecified atom stereocenters. The number of hydrogen-bond donors (Lipinski definition) is 0. The minimum absolute atomic E-state index is 0.217. The molecular weight excluding hydrogens is 294 g/mol. The van der Waals surface area contributed by atoms with E-state index in [-0.39, 0.29) is 5.69 Å². The van der Waals surface area contributed by atoms with Gasteiger partial charge in [-0.25, -0.2) is 9.78 Å². The highest BCUT2D eigenvalue weighted by atomic mass is 32.1. The molecule has 0 aliphatic carbocycles. The SMILES string of the molecule is Cc1cc(C)n(Cc2nc(-c3ccccc3C)cs2)c(=O)n1. The van der Waals surface area contributed by atoms with Gasteiger partial charge in [-0.3, -0.25) is 4.57 Å². The van der Waals surface area contributed by atoms with Gasteiger partial charge in [0.2, 0.25) is 0 Å². The summed E-state index contributed by atoms with van der Waals surface area (Å²) >= 11 is 1.57. The summed E-state index contributed by atoms with van der Waals surface area (Å²) in [5, 5.41) is 2.95. The highest BCUT2D eigenvalue weighted by molar-refractivity contribution is 7.09. The zero-order valence-corrected chi connectivity index (χ0v) is 13.6. The molecule has 2 aromatic heterocycles. The first-order valence-electron chi connectivity index (χ1n) is 7.10. The minimum atomic E-state index is -0.217. The van der Waals surface area contributed by atoms with Gasteiger partial charge in [0.05, 0.1) is 12.2 Å². The van der Waals surface area contributed by atoms with Crippen molar-refractivity contribution in [2.24, 2.45) is 0 Å². The lowest BCUT2D eigenvalue weighted by Crippen LogP contribution is -2.26. The lowest BCUT2D eigenvalue weighted by molar-refractivity contribution is 0.691. The molecule has 0 aliphatic heterocycles. The van der Waals surface area contributed by atoms with Crippen LogP contribution in [0.15, 0.2) is 40.5 Å². The summed E-state index contributed by atoms with van der Waals surface area (Å²) in [6.45, 7) is 6.30. The van der Waals surface area contributed by atoms with Crippen LogP contribution in [0.1, 0.15) is 22.0 Å². The number of hydrogen-bond acceptors (Lipinski definition) is 4. The second-order valence-corrected chi connectivity index (χ2v) is 6.29. The van der Waals surface area contributed by atoms with Gasteiger partial charge in [-0.15, -0.1) is 11.3 Å². The summed E-state index contributed by atoms with van der Waals surface area (Å²) in [4.78, 5) is 20.7. The Labute approximate surface area is 133 Å². The van der Waals surface area contributed by atoms with Crippen LogP contribution >= 0.6 is 11.3 Å². The van der Waals surface area contributed by atoms with Crippen LogP contribution in [0, 0.1) is 20.8 Å². The Morgan fingerprint density at radius 1 is 1.14 bits per heavy atom. The Hall–Kier alpha value is -2.27. The maximum atomic E-state index is 12.0. The molecule has 22 heavy (non-hydrogen) atoms. The van der Waals surface area contributed by atoms with Crippen LogP contribution in [-0.4, -0.2) is 14.5 Å². The van der Waals surface area contributed by atoms with E-state index in [1.54, 1.807) is 15.9 Å². The standard InChI is InChI=1S/C17H17N3OS/c1-11-6-4-5-7-14(11)15-10-22-16(19-15)9-20-13(3)8-12(2)18-17(20)21/h4-8,10H,9H2,1-3H3. The molecule has 4 nitrogen and oxygen atoms in total. The van der Waals surface area contributed by atoms with Crippen LogP contribution in [0.3, 0.4) is 0 Å². The van der Waals surface area contributed by atoms with Crippen LogP contribution in [0.4, 0.5) is 0 Å². The number of rotatable bonds is 3. The molecule has 0 saturated carbocycles. The van der Waals surface area contributed by atoms with Crippen molar-refractivity contribution < 1.29 is 0 Å². The molecule has 0 spiro atoms. The van der Waals surface area contributed by atoms with Crippen molar-refractivity contribution in [1.82, 2.24) is 14.5 Å². The minimum Gasteiger partial charge on any atom is -0.290 e. The van der Waals surface area contributed by atoms with E-state index in [9.17, 15) is 4.79 Å². The van der Waals surface area contributed by atoms with Gasteiger partial charge in [-0.2, -0.15) is 4.98 Å². The third kappa shape index (κ3) is 2.85. The summed E-state index contributed by atoms with van der Waals surface area (Å²) < 4.78 is 1.66. The third-order valence-electron chi connectivity index (χ3n) is 3.61. The monoisotopic (exact) mass is 311 g/mol. The molecule has 2 heterocycles. The zero-order chi connectivity index (χ0) is 15.7. The highest BCUT2D eigenvalue weighted by Crippen LogP contribution is 2.25. The molecule has 0 fully saturated rings. The van der Waals surface area contributed by atoms with Gasteiger partial charge in [0.1, 0.15) is 5.01 Å². The van der Waals surface area contributed by atoms with Gasteiger partial charge >= 0.3 is 5.69 Å². The van der Waals surface area contributed by atoms with E-state index in [0.29, 0.717) is 6.54 Å². The maximum absolute atomic E-state index is 12.0. The first-order chi connectivity index (χ1) is 10.5. The molecule has 0 N–H and O–H groups in total. The second kappa shape index (κ2) is 5.85. The predicted molar refractivity (Wildman–Crippen MR) is 89.4 cm³/mol. The highest BCUT2D eigenvalue weighted by Gasteiger charge is 2.09. The number of nitrogens with zero attached hydrogens (tertiary/aromatic N) is 3. The molecule has 0 bridgehead atoms. The Balaban J connectivity index is 1.93. The van der Waals surface area contributed by atoms with Crippen LogP contribution in [-0.2, 0) is 6.54 Å². The first kappa shape index (κ1) is 14.7. The van der Waals surface area contributed by atoms with E-state index in [1.165, 1.54) is 5.56 Å². The summed E-state index contributed by atoms with van der Waals surface area (Å²) in [6.07, 6.45) is 0. The molecule has 0 atom stereocenters. The Bertz CT molecular complexity index is 880. The number of aryl methyl sites for hydroxylation is 3. The van der Waals surface area contributed by atoms with E-state index in [2.05, 4.69) is 29.0 Å². The van der Waals surface area contributed by atoms with E-state index in [4.69, 9.17) is 0 Å². The van der Waals surface area contributed by atoms with E-state index in [1.807, 2.05) is 37.4 Å². The van der Waals surface area contributed by atoms with Crippen molar-refractivity contribution >= 4 is 11.3 Å². The van der Waals surface area contributed by atoms with E-state index in [0.717, 1.165) is 27.7 Å². The summed E-state index contributed by atoms with van der Waals surface area (Å²) in [7, 11) is 0. The Morgan fingerprint density at radius 2 is 1.91 bits per heavy atom. The summed E-state index contributed by atoms with van der Waals surface area (Å²) in [5.74, 6) is 0. The van der Waals surface area contributed by atoms with E-state index < -0.39 is 0 Å². The largest absolute Gasteiger partial charge is 0.348 e. The fourth-order valence-electron chi connectivity index (χ4n) is 2.47. The van der Waals surface area contributed by atoms with Gasteiger partial charge in [-0.05, 0) is 32.4 Å². The zero-order valence-electron chi connectivity index (χ0n) is 12.8. The van der Waals surface area contributed by atoms with E-state index >= 15 is 0 Å². The smallest absolute Gasteiger partial charge is 0.290 e. The third-order valence-corrected chi connectivity index (χ3v) is 4.45. The predicted octanol–water partition coefficient (Wildman–Crippen LogP) is 3.34. The van der Waals surface area contributed by atoms with Gasteiger partial charge in [-0.1, -0.05) is 24.3 Å². The van der Waals surface area contributed by atoms with Crippen molar-refractivity contribution in [3.63, 3.8) is 0 Å². The normalized spacial score (nSPS) is 10.9. The van der Waals surface area contributed by atoms with Crippen molar-refractivity contribution in [3.8, 4) is 11.3 Å². The van der Waals surface area contributed by atoms with Crippen molar-refractivity contribution in [1.29, 1.82) is 0 Å². The van der Waals surface area contributed by atoms with Crippen LogP contribution < -0.4 is 5.69 Å². The Kier molecular flexibility index (Phi) is 3.90. The second-order valence-electron chi connectivity index (χ2n) is 5.35. The van der Waals surface area contributed by atoms with Crippen LogP contribution in [0.25, 0.3) is 11.3 Å². The first-order valence-corrected chi connectivity index (χ1v) is 7.98. The van der Waals surface area contributed by atoms with Crippen LogP contribution in [0.2, 0.25) is 0 Å². The number of benzene rings is 1. The van der Waals surface area contributed by atoms with Crippen LogP contribution in [0.5, 0.6) is 0 Å². The molecule has 0 amide bonds.